The van der Waals surface area contributed by atoms with Gasteiger partial charge in [0.2, 0.25) is 11.0 Å². The van der Waals surface area contributed by atoms with E-state index < -0.39 is 0 Å². The summed E-state index contributed by atoms with van der Waals surface area (Å²) in [5, 5.41) is 15.0. The Labute approximate surface area is 144 Å². The number of rotatable bonds is 9. The molecule has 1 aromatic carbocycles. The Hall–Kier alpha value is -1.86. The number of anilines is 1. The lowest BCUT2D eigenvalue weighted by molar-refractivity contribution is -0.121. The fourth-order valence-corrected chi connectivity index (χ4v) is 3.64. The van der Waals surface area contributed by atoms with E-state index in [4.69, 9.17) is 0 Å². The Morgan fingerprint density at radius 1 is 1.39 bits per heavy atom. The van der Waals surface area contributed by atoms with E-state index in [9.17, 15) is 4.79 Å². The third kappa shape index (κ3) is 6.03. The van der Waals surface area contributed by atoms with Crippen molar-refractivity contribution in [2.75, 3.05) is 17.6 Å². The number of nitrogens with zero attached hydrogens (tertiary/aromatic N) is 2. The maximum Gasteiger partial charge on any atom is 0.221 e. The third-order valence-corrected chi connectivity index (χ3v) is 5.05. The first-order valence-electron chi connectivity index (χ1n) is 7.34. The molecule has 2 aromatic rings. The fourth-order valence-electron chi connectivity index (χ4n) is 1.87. The second kappa shape index (κ2) is 9.32. The molecule has 0 fully saturated rings. The highest BCUT2D eigenvalue weighted by molar-refractivity contribution is 8.01. The predicted molar refractivity (Wildman–Crippen MR) is 96.9 cm³/mol. The summed E-state index contributed by atoms with van der Waals surface area (Å²) in [4.78, 5) is 12.0. The Kier molecular flexibility index (Phi) is 7.09. The largest absolute Gasteiger partial charge is 0.357 e. The Morgan fingerprint density at radius 2 is 2.17 bits per heavy atom. The fraction of sp³-hybridized carbons (Fsp3) is 0.312. The number of nitrogens with one attached hydrogen (secondary N) is 2. The van der Waals surface area contributed by atoms with Crippen molar-refractivity contribution in [3.05, 3.63) is 48.6 Å². The Morgan fingerprint density at radius 3 is 2.91 bits per heavy atom. The maximum absolute atomic E-state index is 12.0. The van der Waals surface area contributed by atoms with Crippen LogP contribution in [0, 0.1) is 0 Å². The molecule has 1 aromatic heterocycles. The van der Waals surface area contributed by atoms with E-state index in [0.29, 0.717) is 18.7 Å². The van der Waals surface area contributed by atoms with Crippen LogP contribution in [0.3, 0.4) is 0 Å². The van der Waals surface area contributed by atoms with Crippen LogP contribution in [-0.4, -0.2) is 28.4 Å². The number of hydrogen-bond donors (Lipinski definition) is 2. The molecule has 7 heteroatoms. The Bertz CT molecular complexity index is 630. The molecule has 122 valence electrons. The predicted octanol–water partition coefficient (Wildman–Crippen LogP) is 3.50. The average molecular weight is 348 g/mol. The van der Waals surface area contributed by atoms with E-state index in [0.717, 1.165) is 15.0 Å². The van der Waals surface area contributed by atoms with Crippen molar-refractivity contribution in [3.63, 3.8) is 0 Å². The molecule has 0 aliphatic carbocycles. The summed E-state index contributed by atoms with van der Waals surface area (Å²) in [6.45, 7) is 6.30. The summed E-state index contributed by atoms with van der Waals surface area (Å²) in [5.41, 5.74) is 1.11. The zero-order chi connectivity index (χ0) is 16.5. The average Bonchev–Trinajstić information content (AvgIpc) is 3.01. The van der Waals surface area contributed by atoms with Crippen molar-refractivity contribution in [3.8, 4) is 0 Å². The molecule has 0 aliphatic heterocycles. The van der Waals surface area contributed by atoms with E-state index in [-0.39, 0.29) is 11.9 Å². The van der Waals surface area contributed by atoms with Crippen LogP contribution in [-0.2, 0) is 4.79 Å². The number of benzene rings is 1. The Balaban J connectivity index is 1.70. The molecule has 2 N–H and O–H groups in total. The number of hydrogen-bond acceptors (Lipinski definition) is 6. The number of aromatic nitrogens is 2. The van der Waals surface area contributed by atoms with Crippen LogP contribution in [0.2, 0.25) is 0 Å². The third-order valence-electron chi connectivity index (χ3n) is 3.04. The second-order valence-electron chi connectivity index (χ2n) is 4.84. The van der Waals surface area contributed by atoms with Crippen molar-refractivity contribution in [2.45, 2.75) is 23.7 Å². The molecule has 0 bridgehead atoms. The second-order valence-corrected chi connectivity index (χ2v) is 7.16. The standard InChI is InChI=1S/C16H20N4OS2/c1-3-10-17-15-19-20-16(23-15)22-11-9-14(21)18-12(2)13-7-5-4-6-8-13/h3-8,12H,1,9-11H2,2H3,(H,17,19)(H,18,21). The van der Waals surface area contributed by atoms with Crippen LogP contribution in [0.1, 0.15) is 24.9 Å². The molecule has 1 atom stereocenters. The highest BCUT2D eigenvalue weighted by Crippen LogP contribution is 2.25. The summed E-state index contributed by atoms with van der Waals surface area (Å²) in [6, 6.07) is 9.96. The zero-order valence-electron chi connectivity index (χ0n) is 13.0. The molecule has 2 rings (SSSR count). The molecule has 5 nitrogen and oxygen atoms in total. The van der Waals surface area contributed by atoms with E-state index in [2.05, 4.69) is 27.4 Å². The molecule has 0 saturated heterocycles. The normalized spacial score (nSPS) is 11.7. The van der Waals surface area contributed by atoms with E-state index in [1.54, 1.807) is 17.8 Å². The van der Waals surface area contributed by atoms with Gasteiger partial charge < -0.3 is 10.6 Å². The van der Waals surface area contributed by atoms with Crippen molar-refractivity contribution < 1.29 is 4.79 Å². The van der Waals surface area contributed by atoms with Crippen LogP contribution >= 0.6 is 23.1 Å². The summed E-state index contributed by atoms with van der Waals surface area (Å²) < 4.78 is 0.862. The monoisotopic (exact) mass is 348 g/mol. The van der Waals surface area contributed by atoms with E-state index in [1.165, 1.54) is 11.3 Å². The van der Waals surface area contributed by atoms with Crippen LogP contribution in [0.4, 0.5) is 5.13 Å². The molecule has 0 aliphatic rings. The van der Waals surface area contributed by atoms with E-state index in [1.807, 2.05) is 37.3 Å². The van der Waals surface area contributed by atoms with Gasteiger partial charge in [0.05, 0.1) is 6.04 Å². The smallest absolute Gasteiger partial charge is 0.221 e. The number of amides is 1. The summed E-state index contributed by atoms with van der Waals surface area (Å²) >= 11 is 3.03. The lowest BCUT2D eigenvalue weighted by Crippen LogP contribution is -2.26. The van der Waals surface area contributed by atoms with Crippen molar-refractivity contribution >= 4 is 34.1 Å². The minimum atomic E-state index is 0.0185. The lowest BCUT2D eigenvalue weighted by Gasteiger charge is -2.13. The van der Waals surface area contributed by atoms with Gasteiger partial charge in [-0.2, -0.15) is 0 Å². The molecular weight excluding hydrogens is 328 g/mol. The molecule has 0 spiro atoms. The van der Waals surface area contributed by atoms with Gasteiger partial charge >= 0.3 is 0 Å². The topological polar surface area (TPSA) is 66.9 Å². The van der Waals surface area contributed by atoms with Gasteiger partial charge in [-0.25, -0.2) is 0 Å². The van der Waals surface area contributed by atoms with E-state index >= 15 is 0 Å². The minimum Gasteiger partial charge on any atom is -0.357 e. The van der Waals surface area contributed by atoms with Gasteiger partial charge in [0.15, 0.2) is 4.34 Å². The highest BCUT2D eigenvalue weighted by Gasteiger charge is 2.10. The van der Waals surface area contributed by atoms with Gasteiger partial charge in [0, 0.05) is 18.7 Å². The maximum atomic E-state index is 12.0. The van der Waals surface area contributed by atoms with Gasteiger partial charge in [0.25, 0.3) is 0 Å². The first kappa shape index (κ1) is 17.5. The lowest BCUT2D eigenvalue weighted by atomic mass is 10.1. The summed E-state index contributed by atoms with van der Waals surface area (Å²) in [7, 11) is 0. The first-order chi connectivity index (χ1) is 11.2. The first-order valence-corrected chi connectivity index (χ1v) is 9.14. The minimum absolute atomic E-state index is 0.0185. The molecule has 1 unspecified atom stereocenters. The van der Waals surface area contributed by atoms with Gasteiger partial charge in [-0.1, -0.05) is 59.5 Å². The van der Waals surface area contributed by atoms with Gasteiger partial charge in [-0.3, -0.25) is 4.79 Å². The number of thioether (sulfide) groups is 1. The van der Waals surface area contributed by atoms with Crippen molar-refractivity contribution in [2.24, 2.45) is 0 Å². The van der Waals surface area contributed by atoms with Crippen molar-refractivity contribution in [1.29, 1.82) is 0 Å². The number of carbonyl (C=O) groups is 1. The van der Waals surface area contributed by atoms with Crippen LogP contribution in [0.5, 0.6) is 0 Å². The summed E-state index contributed by atoms with van der Waals surface area (Å²) in [6.07, 6.45) is 2.23. The molecule has 1 heterocycles. The van der Waals surface area contributed by atoms with Crippen molar-refractivity contribution in [1.82, 2.24) is 15.5 Å². The zero-order valence-corrected chi connectivity index (χ0v) is 14.6. The molecule has 0 saturated carbocycles. The molecule has 0 radical (unpaired) electrons. The van der Waals surface area contributed by atoms with Crippen LogP contribution in [0.25, 0.3) is 0 Å². The van der Waals surface area contributed by atoms with Gasteiger partial charge in [-0.05, 0) is 12.5 Å². The molecule has 1 amide bonds. The molecule has 23 heavy (non-hydrogen) atoms. The quantitative estimate of drug-likeness (QED) is 0.536. The van der Waals surface area contributed by atoms with Gasteiger partial charge in [-0.15, -0.1) is 16.8 Å². The van der Waals surface area contributed by atoms with Crippen LogP contribution < -0.4 is 10.6 Å². The summed E-state index contributed by atoms with van der Waals surface area (Å²) in [5.74, 6) is 0.729. The molecular formula is C16H20N4OS2. The van der Waals surface area contributed by atoms with Gasteiger partial charge in [0.1, 0.15) is 0 Å². The number of carbonyl (C=O) groups excluding carboxylic acids is 1. The SMILES string of the molecule is C=CCNc1nnc(SCCC(=O)NC(C)c2ccccc2)s1. The highest BCUT2D eigenvalue weighted by atomic mass is 32.2. The van der Waals surface area contributed by atoms with Crippen LogP contribution in [0.15, 0.2) is 47.3 Å².